The van der Waals surface area contributed by atoms with Gasteiger partial charge in [-0.1, -0.05) is 44.2 Å². The van der Waals surface area contributed by atoms with Gasteiger partial charge >= 0.3 is 0 Å². The summed E-state index contributed by atoms with van der Waals surface area (Å²) >= 11 is 6.40. The van der Waals surface area contributed by atoms with E-state index in [0.29, 0.717) is 12.4 Å². The molecule has 0 unspecified atom stereocenters. The quantitative estimate of drug-likeness (QED) is 0.473. The Labute approximate surface area is 185 Å². The molecule has 0 aliphatic heterocycles. The van der Waals surface area contributed by atoms with Gasteiger partial charge in [-0.15, -0.1) is 0 Å². The van der Waals surface area contributed by atoms with Gasteiger partial charge in [-0.3, -0.25) is 4.90 Å². The van der Waals surface area contributed by atoms with Crippen LogP contribution in [0.15, 0.2) is 18.5 Å². The molecule has 0 radical (unpaired) electrons. The average Bonchev–Trinajstić information content (AvgIpc) is 3.10. The highest BCUT2D eigenvalue weighted by Gasteiger charge is 2.27. The number of anilines is 1. The summed E-state index contributed by atoms with van der Waals surface area (Å²) in [6, 6.07) is 2.30. The van der Waals surface area contributed by atoms with E-state index in [2.05, 4.69) is 32.2 Å². The highest BCUT2D eigenvalue weighted by atomic mass is 35.5. The SMILES string of the molecule is C[C@@H](Nc1c(-c2c(F)cc(C#CCN(C)C)cc2F)c(Cl)nc2ncnn12)C(C)(C)C. The van der Waals surface area contributed by atoms with Gasteiger partial charge in [0, 0.05) is 11.6 Å². The number of nitrogens with zero attached hydrogens (tertiary/aromatic N) is 5. The molecule has 1 atom stereocenters. The molecular weight excluding hydrogens is 422 g/mol. The number of rotatable bonds is 4. The first-order valence-corrected chi connectivity index (χ1v) is 10.2. The van der Waals surface area contributed by atoms with Crippen LogP contribution in [0.25, 0.3) is 16.9 Å². The van der Waals surface area contributed by atoms with Gasteiger partial charge in [0.15, 0.2) is 0 Å². The Morgan fingerprint density at radius 2 is 1.84 bits per heavy atom. The summed E-state index contributed by atoms with van der Waals surface area (Å²) in [5.41, 5.74) is -0.123. The molecule has 3 rings (SSSR count). The zero-order valence-corrected chi connectivity index (χ0v) is 19.1. The Balaban J connectivity index is 2.19. The molecule has 6 nitrogen and oxygen atoms in total. The summed E-state index contributed by atoms with van der Waals surface area (Å²) < 4.78 is 31.7. The summed E-state index contributed by atoms with van der Waals surface area (Å²) in [6.45, 7) is 8.59. The lowest BCUT2D eigenvalue weighted by Gasteiger charge is -2.30. The summed E-state index contributed by atoms with van der Waals surface area (Å²) in [6.07, 6.45) is 1.31. The maximum absolute atomic E-state index is 15.2. The molecule has 2 aromatic heterocycles. The van der Waals surface area contributed by atoms with E-state index in [0.717, 1.165) is 0 Å². The molecule has 164 valence electrons. The van der Waals surface area contributed by atoms with E-state index in [-0.39, 0.29) is 39.1 Å². The molecule has 3 aromatic rings. The molecule has 0 saturated heterocycles. The van der Waals surface area contributed by atoms with Gasteiger partial charge in [-0.25, -0.2) is 8.78 Å². The number of benzene rings is 1. The van der Waals surface area contributed by atoms with Crippen LogP contribution >= 0.6 is 11.6 Å². The Morgan fingerprint density at radius 1 is 1.19 bits per heavy atom. The molecule has 1 N–H and O–H groups in total. The third-order valence-corrected chi connectivity index (χ3v) is 5.23. The van der Waals surface area contributed by atoms with Gasteiger partial charge in [0.2, 0.25) is 0 Å². The lowest BCUT2D eigenvalue weighted by molar-refractivity contribution is 0.358. The summed E-state index contributed by atoms with van der Waals surface area (Å²) in [5, 5.41) is 7.39. The van der Waals surface area contributed by atoms with Crippen molar-refractivity contribution in [1.29, 1.82) is 0 Å². The lowest BCUT2D eigenvalue weighted by atomic mass is 9.88. The number of aromatic nitrogens is 4. The highest BCUT2D eigenvalue weighted by Crippen LogP contribution is 2.39. The zero-order chi connectivity index (χ0) is 22.9. The van der Waals surface area contributed by atoms with Crippen LogP contribution in [-0.2, 0) is 0 Å². The molecule has 0 bridgehead atoms. The van der Waals surface area contributed by atoms with Gasteiger partial charge in [0.1, 0.15) is 28.9 Å². The third kappa shape index (κ3) is 4.94. The van der Waals surface area contributed by atoms with Crippen LogP contribution in [0.1, 0.15) is 33.3 Å². The number of hydrogen-bond acceptors (Lipinski definition) is 5. The minimum Gasteiger partial charge on any atom is -0.366 e. The first-order chi connectivity index (χ1) is 14.5. The van der Waals surface area contributed by atoms with Crippen LogP contribution in [0.5, 0.6) is 0 Å². The molecule has 0 fully saturated rings. The Hall–Kier alpha value is -2.76. The number of halogens is 3. The number of nitrogens with one attached hydrogen (secondary N) is 1. The number of hydrogen-bond donors (Lipinski definition) is 1. The molecule has 0 saturated carbocycles. The van der Waals surface area contributed by atoms with Gasteiger partial charge in [-0.05, 0) is 38.6 Å². The van der Waals surface area contributed by atoms with Crippen molar-refractivity contribution in [3.8, 4) is 23.0 Å². The van der Waals surface area contributed by atoms with E-state index in [4.69, 9.17) is 11.6 Å². The molecule has 0 amide bonds. The largest absolute Gasteiger partial charge is 0.366 e. The maximum atomic E-state index is 15.2. The second-order valence-corrected chi connectivity index (χ2v) is 9.04. The Bertz CT molecular complexity index is 1150. The minimum atomic E-state index is -0.788. The second kappa shape index (κ2) is 8.77. The van der Waals surface area contributed by atoms with Crippen molar-refractivity contribution in [2.75, 3.05) is 26.0 Å². The zero-order valence-electron chi connectivity index (χ0n) is 18.4. The topological polar surface area (TPSA) is 58.3 Å². The monoisotopic (exact) mass is 446 g/mol. The van der Waals surface area contributed by atoms with Crippen molar-refractivity contribution in [3.63, 3.8) is 0 Å². The van der Waals surface area contributed by atoms with Crippen LogP contribution in [0.2, 0.25) is 5.15 Å². The summed E-state index contributed by atoms with van der Waals surface area (Å²) in [7, 11) is 3.72. The van der Waals surface area contributed by atoms with Crippen molar-refractivity contribution in [3.05, 3.63) is 40.8 Å². The smallest absolute Gasteiger partial charge is 0.255 e. The number of fused-ring (bicyclic) bond motifs is 1. The van der Waals surface area contributed by atoms with Crippen molar-refractivity contribution in [2.45, 2.75) is 33.7 Å². The molecule has 1 aromatic carbocycles. The van der Waals surface area contributed by atoms with Crippen molar-refractivity contribution < 1.29 is 8.78 Å². The fourth-order valence-electron chi connectivity index (χ4n) is 2.78. The maximum Gasteiger partial charge on any atom is 0.255 e. The van der Waals surface area contributed by atoms with Gasteiger partial charge < -0.3 is 5.32 Å². The van der Waals surface area contributed by atoms with E-state index in [1.54, 1.807) is 0 Å². The molecule has 31 heavy (non-hydrogen) atoms. The van der Waals surface area contributed by atoms with Crippen LogP contribution in [0.3, 0.4) is 0 Å². The lowest BCUT2D eigenvalue weighted by Crippen LogP contribution is -2.32. The third-order valence-electron chi connectivity index (χ3n) is 4.96. The van der Waals surface area contributed by atoms with E-state index >= 15 is 8.78 Å². The van der Waals surface area contributed by atoms with E-state index in [9.17, 15) is 0 Å². The van der Waals surface area contributed by atoms with Gasteiger partial charge in [0.05, 0.1) is 17.7 Å². The standard InChI is InChI=1S/C22H25ClF2N6/c1-13(22(2,3)4)28-20-18(19(23)29-21-26-12-27-31(20)21)17-15(24)10-14(11-16(17)25)8-7-9-30(5)6/h10-13,28H,9H2,1-6H3/t13-/m1/s1. The molecular formula is C22H25ClF2N6. The first-order valence-electron chi connectivity index (χ1n) is 9.77. The van der Waals surface area contributed by atoms with Crippen LogP contribution in [0, 0.1) is 28.9 Å². The Morgan fingerprint density at radius 3 is 2.42 bits per heavy atom. The summed E-state index contributed by atoms with van der Waals surface area (Å²) in [4.78, 5) is 10.1. The first kappa shape index (κ1) is 22.9. The predicted octanol–water partition coefficient (Wildman–Crippen LogP) is 4.48. The Kier molecular flexibility index (Phi) is 6.48. The van der Waals surface area contributed by atoms with Crippen LogP contribution < -0.4 is 5.32 Å². The predicted molar refractivity (Wildman–Crippen MR) is 119 cm³/mol. The van der Waals surface area contributed by atoms with Gasteiger partial charge in [-0.2, -0.15) is 19.6 Å². The van der Waals surface area contributed by atoms with Gasteiger partial charge in [0.25, 0.3) is 5.78 Å². The summed E-state index contributed by atoms with van der Waals surface area (Å²) in [5.74, 6) is 4.62. The normalized spacial score (nSPS) is 12.7. The fraction of sp³-hybridized carbons (Fsp3) is 0.409. The highest BCUT2D eigenvalue weighted by molar-refractivity contribution is 6.33. The van der Waals surface area contributed by atoms with Crippen molar-refractivity contribution in [2.24, 2.45) is 5.41 Å². The molecule has 0 spiro atoms. The molecule has 0 aliphatic rings. The average molecular weight is 447 g/mol. The van der Waals surface area contributed by atoms with Crippen LogP contribution in [0.4, 0.5) is 14.6 Å². The fourth-order valence-corrected chi connectivity index (χ4v) is 3.04. The van der Waals surface area contributed by atoms with Crippen molar-refractivity contribution in [1.82, 2.24) is 24.5 Å². The van der Waals surface area contributed by atoms with E-state index < -0.39 is 11.6 Å². The molecule has 0 aliphatic carbocycles. The van der Waals surface area contributed by atoms with E-state index in [1.807, 2.05) is 46.7 Å². The van der Waals surface area contributed by atoms with Crippen molar-refractivity contribution >= 4 is 23.2 Å². The molecule has 9 heteroatoms. The second-order valence-electron chi connectivity index (χ2n) is 8.68. The minimum absolute atomic E-state index is 0.0756. The molecule has 2 heterocycles. The van der Waals surface area contributed by atoms with E-state index in [1.165, 1.54) is 23.0 Å². The van der Waals surface area contributed by atoms with Crippen LogP contribution in [-0.4, -0.2) is 51.2 Å².